The maximum absolute atomic E-state index is 6.02. The van der Waals surface area contributed by atoms with E-state index >= 15 is 0 Å². The first-order valence-corrected chi connectivity index (χ1v) is 5.54. The molecule has 0 aromatic heterocycles. The molecule has 1 N–H and O–H groups in total. The number of ether oxygens (including phenoxy) is 1. The molecule has 0 spiro atoms. The molecule has 0 amide bonds. The first kappa shape index (κ1) is 12.7. The zero-order valence-corrected chi connectivity index (χ0v) is 10.6. The summed E-state index contributed by atoms with van der Waals surface area (Å²) in [5, 5.41) is 4.00. The Labute approximate surface area is 102 Å². The lowest BCUT2D eigenvalue weighted by molar-refractivity contribution is 0.416. The molecule has 0 fully saturated rings. The molecule has 0 aliphatic carbocycles. The van der Waals surface area contributed by atoms with Crippen molar-refractivity contribution in [3.8, 4) is 17.6 Å². The summed E-state index contributed by atoms with van der Waals surface area (Å²) in [6, 6.07) is 3.81. The van der Waals surface area contributed by atoms with E-state index in [4.69, 9.17) is 16.3 Å². The number of rotatable bonds is 4. The Hall–Kier alpha value is -1.33. The van der Waals surface area contributed by atoms with Gasteiger partial charge in [0.25, 0.3) is 0 Å². The minimum absolute atomic E-state index is 0.718. The van der Waals surface area contributed by atoms with Crippen LogP contribution in [0.5, 0.6) is 5.75 Å². The highest BCUT2D eigenvalue weighted by molar-refractivity contribution is 6.31. The standard InChI is InChI=1S/C13H16ClNO/c1-4-5-6-7-15-12-8-10(2)11(14)9-13(12)16-3/h8-9,15H,6-7H2,1-3H3. The number of methoxy groups -OCH3 is 1. The van der Waals surface area contributed by atoms with Gasteiger partial charge in [-0.3, -0.25) is 0 Å². The van der Waals surface area contributed by atoms with E-state index in [-0.39, 0.29) is 0 Å². The maximum atomic E-state index is 6.02. The molecule has 0 heterocycles. The maximum Gasteiger partial charge on any atom is 0.143 e. The van der Waals surface area contributed by atoms with Gasteiger partial charge < -0.3 is 10.1 Å². The quantitative estimate of drug-likeness (QED) is 0.640. The van der Waals surface area contributed by atoms with E-state index < -0.39 is 0 Å². The third-order valence-corrected chi connectivity index (χ3v) is 2.63. The summed E-state index contributed by atoms with van der Waals surface area (Å²) in [5.41, 5.74) is 1.99. The van der Waals surface area contributed by atoms with Gasteiger partial charge >= 0.3 is 0 Å². The van der Waals surface area contributed by atoms with Gasteiger partial charge in [-0.05, 0) is 25.5 Å². The Bertz CT molecular complexity index is 418. The van der Waals surface area contributed by atoms with Gasteiger partial charge in [0.2, 0.25) is 0 Å². The highest BCUT2D eigenvalue weighted by Gasteiger charge is 2.05. The second-order valence-electron chi connectivity index (χ2n) is 3.41. The summed E-state index contributed by atoms with van der Waals surface area (Å²) in [6.07, 6.45) is 0.821. The lowest BCUT2D eigenvalue weighted by Gasteiger charge is -2.12. The van der Waals surface area contributed by atoms with Gasteiger partial charge in [0.15, 0.2) is 0 Å². The highest BCUT2D eigenvalue weighted by atomic mass is 35.5. The molecule has 16 heavy (non-hydrogen) atoms. The van der Waals surface area contributed by atoms with E-state index in [2.05, 4.69) is 17.2 Å². The monoisotopic (exact) mass is 237 g/mol. The van der Waals surface area contributed by atoms with Gasteiger partial charge in [0.05, 0.1) is 12.8 Å². The third kappa shape index (κ3) is 3.36. The lowest BCUT2D eigenvalue weighted by Crippen LogP contribution is -2.02. The summed E-state index contributed by atoms with van der Waals surface area (Å²) < 4.78 is 5.26. The molecule has 1 aromatic rings. The molecule has 0 saturated heterocycles. The van der Waals surface area contributed by atoms with Crippen molar-refractivity contribution < 1.29 is 4.74 Å². The van der Waals surface area contributed by atoms with Crippen molar-refractivity contribution in [2.45, 2.75) is 20.3 Å². The summed E-state index contributed by atoms with van der Waals surface area (Å²) >= 11 is 6.02. The molecule has 1 rings (SSSR count). The molecule has 86 valence electrons. The first-order valence-electron chi connectivity index (χ1n) is 5.16. The molecular weight excluding hydrogens is 222 g/mol. The molecule has 0 atom stereocenters. The second kappa shape index (κ2) is 6.30. The highest BCUT2D eigenvalue weighted by Crippen LogP contribution is 2.30. The largest absolute Gasteiger partial charge is 0.495 e. The molecule has 2 nitrogen and oxygen atoms in total. The first-order chi connectivity index (χ1) is 7.69. The van der Waals surface area contributed by atoms with E-state index in [0.717, 1.165) is 35.0 Å². The van der Waals surface area contributed by atoms with Crippen LogP contribution in [0.4, 0.5) is 5.69 Å². The van der Waals surface area contributed by atoms with E-state index in [0.29, 0.717) is 0 Å². The number of hydrogen-bond donors (Lipinski definition) is 1. The average Bonchev–Trinajstić information content (AvgIpc) is 2.28. The number of hydrogen-bond acceptors (Lipinski definition) is 2. The molecule has 0 aliphatic rings. The number of benzene rings is 1. The van der Waals surface area contributed by atoms with Crippen molar-refractivity contribution in [3.05, 3.63) is 22.7 Å². The van der Waals surface area contributed by atoms with Crippen LogP contribution in [-0.2, 0) is 0 Å². The van der Waals surface area contributed by atoms with Crippen LogP contribution in [-0.4, -0.2) is 13.7 Å². The fourth-order valence-corrected chi connectivity index (χ4v) is 1.51. The van der Waals surface area contributed by atoms with E-state index in [1.807, 2.05) is 26.0 Å². The van der Waals surface area contributed by atoms with Crippen molar-refractivity contribution in [2.75, 3.05) is 19.0 Å². The second-order valence-corrected chi connectivity index (χ2v) is 3.81. The van der Waals surface area contributed by atoms with Gasteiger partial charge in [0, 0.05) is 24.1 Å². The zero-order chi connectivity index (χ0) is 12.0. The number of aryl methyl sites for hydroxylation is 1. The normalized spacial score (nSPS) is 9.25. The molecule has 3 heteroatoms. The van der Waals surface area contributed by atoms with Crippen LogP contribution in [0.1, 0.15) is 18.9 Å². The van der Waals surface area contributed by atoms with Crippen molar-refractivity contribution in [2.24, 2.45) is 0 Å². The summed E-state index contributed by atoms with van der Waals surface area (Å²) in [7, 11) is 1.64. The molecule has 0 unspecified atom stereocenters. The third-order valence-electron chi connectivity index (χ3n) is 2.22. The molecule has 0 bridgehead atoms. The number of nitrogens with one attached hydrogen (secondary N) is 1. The van der Waals surface area contributed by atoms with Gasteiger partial charge in [0.1, 0.15) is 5.75 Å². The summed E-state index contributed by atoms with van der Waals surface area (Å²) in [6.45, 7) is 4.62. The predicted molar refractivity (Wildman–Crippen MR) is 69.3 cm³/mol. The van der Waals surface area contributed by atoms with Crippen molar-refractivity contribution in [1.29, 1.82) is 0 Å². The molecule has 0 saturated carbocycles. The lowest BCUT2D eigenvalue weighted by atomic mass is 10.2. The zero-order valence-electron chi connectivity index (χ0n) is 9.86. The van der Waals surface area contributed by atoms with Crippen LogP contribution in [0.25, 0.3) is 0 Å². The van der Waals surface area contributed by atoms with Gasteiger partial charge in [-0.1, -0.05) is 11.6 Å². The number of anilines is 1. The summed E-state index contributed by atoms with van der Waals surface area (Å²) in [4.78, 5) is 0. The van der Waals surface area contributed by atoms with Crippen LogP contribution >= 0.6 is 11.6 Å². The minimum Gasteiger partial charge on any atom is -0.495 e. The van der Waals surface area contributed by atoms with Gasteiger partial charge in [-0.25, -0.2) is 0 Å². The van der Waals surface area contributed by atoms with Crippen LogP contribution in [0, 0.1) is 18.8 Å². The van der Waals surface area contributed by atoms with Crippen molar-refractivity contribution in [3.63, 3.8) is 0 Å². The van der Waals surface area contributed by atoms with E-state index in [1.165, 1.54) is 0 Å². The predicted octanol–water partition coefficient (Wildman–Crippen LogP) is 3.48. The fraction of sp³-hybridized carbons (Fsp3) is 0.385. The Morgan fingerprint density at radius 3 is 2.81 bits per heavy atom. The minimum atomic E-state index is 0.718. The Morgan fingerprint density at radius 2 is 2.19 bits per heavy atom. The molecule has 1 aromatic carbocycles. The number of halogens is 1. The van der Waals surface area contributed by atoms with Gasteiger partial charge in [-0.2, -0.15) is 0 Å². The van der Waals surface area contributed by atoms with Crippen LogP contribution in [0.3, 0.4) is 0 Å². The van der Waals surface area contributed by atoms with E-state index in [1.54, 1.807) is 7.11 Å². The molecule has 0 aliphatic heterocycles. The van der Waals surface area contributed by atoms with Crippen molar-refractivity contribution in [1.82, 2.24) is 0 Å². The molecular formula is C13H16ClNO. The van der Waals surface area contributed by atoms with Crippen molar-refractivity contribution >= 4 is 17.3 Å². The van der Waals surface area contributed by atoms with Crippen LogP contribution < -0.4 is 10.1 Å². The van der Waals surface area contributed by atoms with Crippen LogP contribution in [0.15, 0.2) is 12.1 Å². The topological polar surface area (TPSA) is 21.3 Å². The smallest absolute Gasteiger partial charge is 0.143 e. The Morgan fingerprint density at radius 1 is 1.44 bits per heavy atom. The van der Waals surface area contributed by atoms with Crippen LogP contribution in [0.2, 0.25) is 5.02 Å². The fourth-order valence-electron chi connectivity index (χ4n) is 1.35. The van der Waals surface area contributed by atoms with E-state index in [9.17, 15) is 0 Å². The van der Waals surface area contributed by atoms with Gasteiger partial charge in [-0.15, -0.1) is 11.8 Å². The Balaban J connectivity index is 2.76. The summed E-state index contributed by atoms with van der Waals surface area (Å²) in [5.74, 6) is 6.63. The Kier molecular flexibility index (Phi) is 5.01. The molecule has 0 radical (unpaired) electrons. The average molecular weight is 238 g/mol. The SMILES string of the molecule is CC#CCCNc1cc(C)c(Cl)cc1OC.